The Kier molecular flexibility index (Phi) is 4.05. The van der Waals surface area contributed by atoms with Crippen LogP contribution in [-0.2, 0) is 0 Å². The Labute approximate surface area is 154 Å². The zero-order valence-corrected chi connectivity index (χ0v) is 14.4. The fraction of sp³-hybridized carbons (Fsp3) is 0. The first-order chi connectivity index (χ1) is 13.0. The van der Waals surface area contributed by atoms with E-state index >= 15 is 0 Å². The first-order valence-electron chi connectivity index (χ1n) is 7.78. The SMILES string of the molecule is O=c1nc2s/c(=C/c3cccc([N+](=O)[O-])c3)c(=O)n2nc1-c1ccccc1. The summed E-state index contributed by atoms with van der Waals surface area (Å²) in [6.07, 6.45) is 1.52. The minimum atomic E-state index is -0.524. The number of hydrogen-bond acceptors (Lipinski definition) is 7. The Bertz CT molecular complexity index is 1350. The Morgan fingerprint density at radius 2 is 1.85 bits per heavy atom. The van der Waals surface area contributed by atoms with Gasteiger partial charge in [-0.15, -0.1) is 0 Å². The predicted molar refractivity (Wildman–Crippen MR) is 101 cm³/mol. The molecule has 0 unspecified atom stereocenters. The van der Waals surface area contributed by atoms with Crippen LogP contribution < -0.4 is 15.7 Å². The van der Waals surface area contributed by atoms with Crippen molar-refractivity contribution in [1.82, 2.24) is 14.6 Å². The normalized spacial score (nSPS) is 11.8. The van der Waals surface area contributed by atoms with Crippen molar-refractivity contribution in [2.75, 3.05) is 0 Å². The summed E-state index contributed by atoms with van der Waals surface area (Å²) in [4.78, 5) is 39.4. The number of fused-ring (bicyclic) bond motifs is 1. The summed E-state index contributed by atoms with van der Waals surface area (Å²) >= 11 is 1.00. The summed E-state index contributed by atoms with van der Waals surface area (Å²) in [7, 11) is 0. The third-order valence-corrected chi connectivity index (χ3v) is 4.77. The standard InChI is InChI=1S/C18H10N4O4S/c23-16-15(12-6-2-1-3-7-12)20-21-17(24)14(27-18(21)19-16)10-11-5-4-8-13(9-11)22(25)26/h1-10H/b14-10+. The monoisotopic (exact) mass is 378 g/mol. The van der Waals surface area contributed by atoms with Gasteiger partial charge < -0.3 is 0 Å². The van der Waals surface area contributed by atoms with Crippen molar-refractivity contribution in [2.24, 2.45) is 0 Å². The maximum atomic E-state index is 12.7. The van der Waals surface area contributed by atoms with E-state index in [9.17, 15) is 19.7 Å². The van der Waals surface area contributed by atoms with Gasteiger partial charge in [0.25, 0.3) is 11.2 Å². The number of nitro groups is 1. The molecular formula is C18H10N4O4S. The van der Waals surface area contributed by atoms with Crippen LogP contribution in [0.3, 0.4) is 0 Å². The Balaban J connectivity index is 1.91. The van der Waals surface area contributed by atoms with Crippen LogP contribution in [0.4, 0.5) is 5.69 Å². The molecule has 0 aliphatic heterocycles. The molecule has 0 saturated heterocycles. The van der Waals surface area contributed by atoms with E-state index in [0.717, 1.165) is 15.9 Å². The van der Waals surface area contributed by atoms with Crippen molar-refractivity contribution in [3.8, 4) is 11.3 Å². The number of aromatic nitrogens is 3. The second-order valence-corrected chi connectivity index (χ2v) is 6.60. The van der Waals surface area contributed by atoms with Gasteiger partial charge in [0.1, 0.15) is 0 Å². The van der Waals surface area contributed by atoms with Crippen LogP contribution in [0, 0.1) is 10.1 Å². The van der Waals surface area contributed by atoms with E-state index < -0.39 is 16.0 Å². The Hall–Kier alpha value is -3.72. The molecule has 0 fully saturated rings. The van der Waals surface area contributed by atoms with E-state index in [4.69, 9.17) is 0 Å². The molecule has 0 bridgehead atoms. The number of hydrogen-bond donors (Lipinski definition) is 0. The van der Waals surface area contributed by atoms with E-state index in [-0.39, 0.29) is 20.9 Å². The van der Waals surface area contributed by atoms with Gasteiger partial charge in [0.15, 0.2) is 5.69 Å². The highest BCUT2D eigenvalue weighted by Crippen LogP contribution is 2.14. The van der Waals surface area contributed by atoms with Crippen LogP contribution in [0.1, 0.15) is 5.56 Å². The van der Waals surface area contributed by atoms with Gasteiger partial charge in [0.05, 0.1) is 9.46 Å². The summed E-state index contributed by atoms with van der Waals surface area (Å²) in [5.74, 6) is 0. The van der Waals surface area contributed by atoms with Crippen molar-refractivity contribution in [2.45, 2.75) is 0 Å². The summed E-state index contributed by atoms with van der Waals surface area (Å²) in [5.41, 5.74) is 0.119. The van der Waals surface area contributed by atoms with Gasteiger partial charge in [-0.3, -0.25) is 19.7 Å². The minimum Gasteiger partial charge on any atom is -0.266 e. The van der Waals surface area contributed by atoms with Gasteiger partial charge in [0, 0.05) is 17.7 Å². The van der Waals surface area contributed by atoms with Crippen molar-refractivity contribution >= 4 is 28.1 Å². The summed E-state index contributed by atoms with van der Waals surface area (Å²) in [6.45, 7) is 0. The van der Waals surface area contributed by atoms with Crippen molar-refractivity contribution < 1.29 is 4.92 Å². The lowest BCUT2D eigenvalue weighted by atomic mass is 10.2. The highest BCUT2D eigenvalue weighted by Gasteiger charge is 2.12. The van der Waals surface area contributed by atoms with Gasteiger partial charge in [0.2, 0.25) is 4.96 Å². The molecule has 0 aliphatic carbocycles. The summed E-state index contributed by atoms with van der Waals surface area (Å²) in [6, 6.07) is 14.7. The van der Waals surface area contributed by atoms with Crippen molar-refractivity contribution in [1.29, 1.82) is 0 Å². The van der Waals surface area contributed by atoms with Gasteiger partial charge in [-0.2, -0.15) is 14.6 Å². The molecule has 4 aromatic rings. The molecule has 0 amide bonds. The molecule has 0 N–H and O–H groups in total. The topological polar surface area (TPSA) is 107 Å². The first kappa shape index (κ1) is 16.7. The summed E-state index contributed by atoms with van der Waals surface area (Å²) in [5, 5.41) is 15.1. The van der Waals surface area contributed by atoms with E-state index in [1.807, 2.05) is 6.07 Å². The molecule has 8 nitrogen and oxygen atoms in total. The molecule has 9 heteroatoms. The number of benzene rings is 2. The lowest BCUT2D eigenvalue weighted by Crippen LogP contribution is -2.26. The molecule has 27 heavy (non-hydrogen) atoms. The molecule has 0 atom stereocenters. The average Bonchev–Trinajstić information content (AvgIpc) is 2.96. The van der Waals surface area contributed by atoms with Crippen LogP contribution in [0.2, 0.25) is 0 Å². The number of non-ortho nitro benzene ring substituents is 1. The molecule has 2 aromatic heterocycles. The lowest BCUT2D eigenvalue weighted by molar-refractivity contribution is -0.384. The molecule has 0 radical (unpaired) electrons. The van der Waals surface area contributed by atoms with Crippen LogP contribution in [0.5, 0.6) is 0 Å². The van der Waals surface area contributed by atoms with Crippen molar-refractivity contribution in [3.63, 3.8) is 0 Å². The van der Waals surface area contributed by atoms with E-state index in [1.54, 1.807) is 30.3 Å². The van der Waals surface area contributed by atoms with Crippen molar-refractivity contribution in [3.05, 3.63) is 95.5 Å². The molecule has 4 rings (SSSR count). The third kappa shape index (κ3) is 3.11. The fourth-order valence-corrected chi connectivity index (χ4v) is 3.47. The molecular weight excluding hydrogens is 368 g/mol. The number of rotatable bonds is 3. The lowest BCUT2D eigenvalue weighted by Gasteiger charge is -1.98. The third-order valence-electron chi connectivity index (χ3n) is 3.81. The molecule has 132 valence electrons. The Morgan fingerprint density at radius 1 is 1.07 bits per heavy atom. The fourth-order valence-electron chi connectivity index (χ4n) is 2.57. The molecule has 2 heterocycles. The van der Waals surface area contributed by atoms with Crippen LogP contribution in [-0.4, -0.2) is 19.5 Å². The van der Waals surface area contributed by atoms with Gasteiger partial charge >= 0.3 is 5.56 Å². The second-order valence-electron chi connectivity index (χ2n) is 5.59. The molecule has 2 aromatic carbocycles. The van der Waals surface area contributed by atoms with Crippen LogP contribution in [0.25, 0.3) is 22.3 Å². The Morgan fingerprint density at radius 3 is 2.59 bits per heavy atom. The zero-order chi connectivity index (χ0) is 19.0. The molecule has 0 spiro atoms. The van der Waals surface area contributed by atoms with E-state index in [2.05, 4.69) is 10.1 Å². The predicted octanol–water partition coefficient (Wildman–Crippen LogP) is 1.63. The number of nitro benzene ring substituents is 1. The van der Waals surface area contributed by atoms with Crippen LogP contribution >= 0.6 is 11.3 Å². The number of nitrogens with zero attached hydrogens (tertiary/aromatic N) is 4. The van der Waals surface area contributed by atoms with Crippen LogP contribution in [0.15, 0.2) is 64.2 Å². The maximum absolute atomic E-state index is 12.7. The highest BCUT2D eigenvalue weighted by atomic mass is 32.1. The maximum Gasteiger partial charge on any atom is 0.300 e. The average molecular weight is 378 g/mol. The summed E-state index contributed by atoms with van der Waals surface area (Å²) < 4.78 is 1.36. The van der Waals surface area contributed by atoms with E-state index in [1.165, 1.54) is 24.3 Å². The molecule has 0 aliphatic rings. The quantitative estimate of drug-likeness (QED) is 0.396. The first-order valence-corrected chi connectivity index (χ1v) is 8.60. The largest absolute Gasteiger partial charge is 0.300 e. The smallest absolute Gasteiger partial charge is 0.266 e. The highest BCUT2D eigenvalue weighted by molar-refractivity contribution is 7.15. The van der Waals surface area contributed by atoms with Gasteiger partial charge in [-0.1, -0.05) is 53.8 Å². The zero-order valence-electron chi connectivity index (χ0n) is 13.6. The minimum absolute atomic E-state index is 0.0746. The second kappa shape index (κ2) is 6.54. The number of thiazole rings is 1. The van der Waals surface area contributed by atoms with E-state index in [0.29, 0.717) is 11.1 Å². The van der Waals surface area contributed by atoms with Gasteiger partial charge in [-0.05, 0) is 11.6 Å². The van der Waals surface area contributed by atoms with Gasteiger partial charge in [-0.25, -0.2) is 0 Å². The molecule has 0 saturated carbocycles.